The molecule has 0 aliphatic carbocycles. The summed E-state index contributed by atoms with van der Waals surface area (Å²) in [4.78, 5) is 36.4. The SMILES string of the molecule is O=C(NC[C@H]1CN(c2ccc(N3CCOCC3)nc2)C(=O)O1)c1cccnc1. The molecule has 28 heavy (non-hydrogen) atoms. The summed E-state index contributed by atoms with van der Waals surface area (Å²) in [5.74, 6) is 0.610. The molecule has 0 saturated carbocycles. The summed E-state index contributed by atoms with van der Waals surface area (Å²) in [6, 6.07) is 7.12. The Morgan fingerprint density at radius 2 is 2.07 bits per heavy atom. The van der Waals surface area contributed by atoms with Crippen LogP contribution in [0.5, 0.6) is 0 Å². The minimum absolute atomic E-state index is 0.231. The number of nitrogens with zero attached hydrogens (tertiary/aromatic N) is 4. The number of carbonyl (C=O) groups is 2. The van der Waals surface area contributed by atoms with Gasteiger partial charge >= 0.3 is 6.09 Å². The van der Waals surface area contributed by atoms with Gasteiger partial charge in [-0.3, -0.25) is 14.7 Å². The van der Waals surface area contributed by atoms with Crippen molar-refractivity contribution in [1.29, 1.82) is 0 Å². The Labute approximate surface area is 162 Å². The highest BCUT2D eigenvalue weighted by Gasteiger charge is 2.32. The summed E-state index contributed by atoms with van der Waals surface area (Å²) in [5.41, 5.74) is 1.13. The molecule has 0 aromatic carbocycles. The van der Waals surface area contributed by atoms with Gasteiger partial charge in [0.05, 0.1) is 43.8 Å². The van der Waals surface area contributed by atoms with E-state index in [1.807, 2.05) is 12.1 Å². The Balaban J connectivity index is 1.33. The largest absolute Gasteiger partial charge is 0.442 e. The number of nitrogens with one attached hydrogen (secondary N) is 1. The van der Waals surface area contributed by atoms with Gasteiger partial charge in [-0.1, -0.05) is 0 Å². The lowest BCUT2D eigenvalue weighted by Crippen LogP contribution is -2.36. The fourth-order valence-electron chi connectivity index (χ4n) is 3.16. The molecule has 2 fully saturated rings. The molecule has 1 N–H and O–H groups in total. The molecule has 9 nitrogen and oxygen atoms in total. The quantitative estimate of drug-likeness (QED) is 0.825. The van der Waals surface area contributed by atoms with Crippen molar-refractivity contribution in [3.05, 3.63) is 48.4 Å². The van der Waals surface area contributed by atoms with Gasteiger partial charge in [0.1, 0.15) is 11.9 Å². The van der Waals surface area contributed by atoms with Crippen molar-refractivity contribution in [2.24, 2.45) is 0 Å². The molecule has 4 rings (SSSR count). The van der Waals surface area contributed by atoms with E-state index in [4.69, 9.17) is 9.47 Å². The number of pyridine rings is 2. The zero-order valence-electron chi connectivity index (χ0n) is 15.3. The molecule has 1 atom stereocenters. The van der Waals surface area contributed by atoms with E-state index < -0.39 is 12.2 Å². The Bertz CT molecular complexity index is 824. The van der Waals surface area contributed by atoms with Gasteiger partial charge in [-0.05, 0) is 24.3 Å². The number of cyclic esters (lactones) is 1. The van der Waals surface area contributed by atoms with Crippen LogP contribution in [-0.4, -0.2) is 67.5 Å². The third kappa shape index (κ3) is 4.04. The third-order valence-corrected chi connectivity index (χ3v) is 4.67. The van der Waals surface area contributed by atoms with Crippen LogP contribution < -0.4 is 15.1 Å². The summed E-state index contributed by atoms with van der Waals surface area (Å²) >= 11 is 0. The lowest BCUT2D eigenvalue weighted by Gasteiger charge is -2.28. The molecule has 2 aliphatic rings. The maximum absolute atomic E-state index is 12.2. The molecule has 0 spiro atoms. The summed E-state index contributed by atoms with van der Waals surface area (Å²) in [6.45, 7) is 3.57. The topological polar surface area (TPSA) is 96.9 Å². The lowest BCUT2D eigenvalue weighted by atomic mass is 10.2. The molecule has 2 aliphatic heterocycles. The minimum Gasteiger partial charge on any atom is -0.442 e. The van der Waals surface area contributed by atoms with Crippen LogP contribution in [-0.2, 0) is 9.47 Å². The lowest BCUT2D eigenvalue weighted by molar-refractivity contribution is 0.0915. The molecule has 2 aromatic heterocycles. The van der Waals surface area contributed by atoms with E-state index in [1.165, 1.54) is 11.1 Å². The molecule has 0 radical (unpaired) electrons. The van der Waals surface area contributed by atoms with Crippen molar-refractivity contribution in [1.82, 2.24) is 15.3 Å². The second-order valence-corrected chi connectivity index (χ2v) is 6.54. The van der Waals surface area contributed by atoms with Crippen LogP contribution in [0.4, 0.5) is 16.3 Å². The summed E-state index contributed by atoms with van der Waals surface area (Å²) in [5, 5.41) is 2.77. The molecular weight excluding hydrogens is 362 g/mol. The molecule has 9 heteroatoms. The van der Waals surface area contributed by atoms with Gasteiger partial charge in [-0.25, -0.2) is 9.78 Å². The Morgan fingerprint density at radius 3 is 2.79 bits per heavy atom. The Morgan fingerprint density at radius 1 is 1.21 bits per heavy atom. The van der Waals surface area contributed by atoms with Gasteiger partial charge in [0.25, 0.3) is 5.91 Å². The number of rotatable bonds is 5. The van der Waals surface area contributed by atoms with Gasteiger partial charge in [0.2, 0.25) is 0 Å². The van der Waals surface area contributed by atoms with E-state index in [0.717, 1.165) is 18.9 Å². The van der Waals surface area contributed by atoms with Crippen LogP contribution in [0.15, 0.2) is 42.9 Å². The first-order valence-corrected chi connectivity index (χ1v) is 9.16. The predicted molar refractivity (Wildman–Crippen MR) is 101 cm³/mol. The van der Waals surface area contributed by atoms with Crippen LogP contribution in [0.3, 0.4) is 0 Å². The van der Waals surface area contributed by atoms with Crippen LogP contribution in [0.1, 0.15) is 10.4 Å². The van der Waals surface area contributed by atoms with E-state index in [-0.39, 0.29) is 12.5 Å². The van der Waals surface area contributed by atoms with E-state index >= 15 is 0 Å². The summed E-state index contributed by atoms with van der Waals surface area (Å²) < 4.78 is 10.7. The first-order chi connectivity index (χ1) is 13.7. The molecule has 2 saturated heterocycles. The molecule has 2 amide bonds. The number of hydrogen-bond acceptors (Lipinski definition) is 7. The van der Waals surface area contributed by atoms with Gasteiger partial charge < -0.3 is 19.7 Å². The van der Waals surface area contributed by atoms with Crippen molar-refractivity contribution in [3.8, 4) is 0 Å². The number of ether oxygens (including phenoxy) is 2. The number of anilines is 2. The Hall–Kier alpha value is -3.20. The number of carbonyl (C=O) groups excluding carboxylic acids is 2. The average Bonchev–Trinajstić information content (AvgIpc) is 3.14. The molecule has 2 aromatic rings. The highest BCUT2D eigenvalue weighted by atomic mass is 16.6. The summed E-state index contributed by atoms with van der Waals surface area (Å²) in [6.07, 6.45) is 3.90. The van der Waals surface area contributed by atoms with Crippen LogP contribution >= 0.6 is 0 Å². The van der Waals surface area contributed by atoms with E-state index in [1.54, 1.807) is 24.5 Å². The van der Waals surface area contributed by atoms with Crippen molar-refractivity contribution < 1.29 is 19.1 Å². The number of morpholine rings is 1. The predicted octanol–water partition coefficient (Wildman–Crippen LogP) is 1.07. The monoisotopic (exact) mass is 383 g/mol. The van der Waals surface area contributed by atoms with Crippen LogP contribution in [0, 0.1) is 0 Å². The third-order valence-electron chi connectivity index (χ3n) is 4.67. The first-order valence-electron chi connectivity index (χ1n) is 9.16. The van der Waals surface area contributed by atoms with Crippen molar-refractivity contribution in [2.45, 2.75) is 6.10 Å². The highest BCUT2D eigenvalue weighted by molar-refractivity contribution is 5.94. The van der Waals surface area contributed by atoms with Crippen LogP contribution in [0.2, 0.25) is 0 Å². The fraction of sp³-hybridized carbons (Fsp3) is 0.368. The second-order valence-electron chi connectivity index (χ2n) is 6.54. The maximum atomic E-state index is 12.2. The zero-order valence-corrected chi connectivity index (χ0v) is 15.3. The molecular formula is C19H21N5O4. The van der Waals surface area contributed by atoms with Gasteiger partial charge in [-0.2, -0.15) is 0 Å². The van der Waals surface area contributed by atoms with E-state index in [2.05, 4.69) is 20.2 Å². The number of aromatic nitrogens is 2. The van der Waals surface area contributed by atoms with E-state index in [9.17, 15) is 9.59 Å². The fourth-order valence-corrected chi connectivity index (χ4v) is 3.16. The normalized spacial score (nSPS) is 19.4. The molecule has 146 valence electrons. The standard InChI is InChI=1S/C19H21N5O4/c25-18(14-2-1-5-20-10-14)22-12-16-13-24(19(26)28-16)15-3-4-17(21-11-15)23-6-8-27-9-7-23/h1-5,10-11,16H,6-9,12-13H2,(H,22,25)/t16-/m0/s1. The number of amides is 2. The Kier molecular flexibility index (Phi) is 5.34. The van der Waals surface area contributed by atoms with E-state index in [0.29, 0.717) is 31.0 Å². The highest BCUT2D eigenvalue weighted by Crippen LogP contribution is 2.23. The first kappa shape index (κ1) is 18.2. The zero-order chi connectivity index (χ0) is 19.3. The summed E-state index contributed by atoms with van der Waals surface area (Å²) in [7, 11) is 0. The van der Waals surface area contributed by atoms with Crippen LogP contribution in [0.25, 0.3) is 0 Å². The maximum Gasteiger partial charge on any atom is 0.414 e. The smallest absolute Gasteiger partial charge is 0.414 e. The van der Waals surface area contributed by atoms with Gasteiger partial charge in [-0.15, -0.1) is 0 Å². The van der Waals surface area contributed by atoms with Crippen molar-refractivity contribution in [3.63, 3.8) is 0 Å². The second kappa shape index (κ2) is 8.22. The molecule has 0 bridgehead atoms. The molecule has 0 unspecified atom stereocenters. The minimum atomic E-state index is -0.443. The van der Waals surface area contributed by atoms with Gasteiger partial charge in [0, 0.05) is 25.5 Å². The van der Waals surface area contributed by atoms with Gasteiger partial charge in [0.15, 0.2) is 0 Å². The van der Waals surface area contributed by atoms with Crippen molar-refractivity contribution in [2.75, 3.05) is 49.2 Å². The average molecular weight is 383 g/mol. The number of hydrogen-bond donors (Lipinski definition) is 1. The van der Waals surface area contributed by atoms with Crippen molar-refractivity contribution >= 4 is 23.5 Å². The molecule has 4 heterocycles.